The number of aryl methyl sites for hydroxylation is 2. The fourth-order valence-corrected chi connectivity index (χ4v) is 5.66. The highest BCUT2D eigenvalue weighted by atomic mass is 32.2. The van der Waals surface area contributed by atoms with E-state index in [1.807, 2.05) is 45.0 Å². The fraction of sp³-hybridized carbons (Fsp3) is 0.333. The maximum Gasteiger partial charge on any atom is 0.267 e. The third-order valence-electron chi connectivity index (χ3n) is 6.16. The van der Waals surface area contributed by atoms with E-state index in [0.29, 0.717) is 23.4 Å². The van der Waals surface area contributed by atoms with Crippen LogP contribution in [0.5, 0.6) is 0 Å². The van der Waals surface area contributed by atoms with Crippen molar-refractivity contribution in [3.63, 3.8) is 0 Å². The number of benzene rings is 2. The lowest BCUT2D eigenvalue weighted by molar-refractivity contribution is 0.600. The van der Waals surface area contributed by atoms with Gasteiger partial charge in [0.05, 0.1) is 16.3 Å². The molecular weight excluding hydrogens is 410 g/mol. The summed E-state index contributed by atoms with van der Waals surface area (Å²) in [7, 11) is -3.80. The summed E-state index contributed by atoms with van der Waals surface area (Å²) in [5, 5.41) is 6.89. The number of aromatic nitrogens is 2. The Bertz CT molecular complexity index is 1310. The molecule has 0 saturated heterocycles. The van der Waals surface area contributed by atoms with Gasteiger partial charge < -0.3 is 0 Å². The van der Waals surface area contributed by atoms with Gasteiger partial charge in [-0.25, -0.2) is 13.5 Å². The number of hydrogen-bond donors (Lipinski definition) is 2. The standard InChI is InChI=1S/C24H27N3O3S/c1-4-17-12-13-18(23-19-9-5-6-10-20(19)24(28)26-25-23)14-22(17)31(29,30)27-21-11-7-8-15(2)16(21)3/h7-8,11-14,27H,4-6,9-10H2,1-3H3,(H,26,28). The van der Waals surface area contributed by atoms with Gasteiger partial charge in [-0.1, -0.05) is 31.2 Å². The average molecular weight is 438 g/mol. The van der Waals surface area contributed by atoms with Crippen LogP contribution < -0.4 is 10.3 Å². The number of anilines is 1. The molecule has 2 N–H and O–H groups in total. The molecule has 31 heavy (non-hydrogen) atoms. The van der Waals surface area contributed by atoms with Crippen LogP contribution in [0.4, 0.5) is 5.69 Å². The molecule has 1 aliphatic rings. The Morgan fingerprint density at radius 1 is 1.06 bits per heavy atom. The van der Waals surface area contributed by atoms with Crippen molar-refractivity contribution in [1.82, 2.24) is 10.2 Å². The number of nitrogens with zero attached hydrogens (tertiary/aromatic N) is 1. The molecule has 0 bridgehead atoms. The van der Waals surface area contributed by atoms with Gasteiger partial charge in [0.25, 0.3) is 15.6 Å². The summed E-state index contributed by atoms with van der Waals surface area (Å²) in [6.45, 7) is 5.79. The van der Waals surface area contributed by atoms with E-state index in [0.717, 1.165) is 53.5 Å². The lowest BCUT2D eigenvalue weighted by Crippen LogP contribution is -2.21. The minimum absolute atomic E-state index is 0.145. The average Bonchev–Trinajstić information content (AvgIpc) is 2.77. The van der Waals surface area contributed by atoms with Crippen molar-refractivity contribution >= 4 is 15.7 Å². The molecule has 1 heterocycles. The van der Waals surface area contributed by atoms with Gasteiger partial charge in [0.2, 0.25) is 0 Å². The van der Waals surface area contributed by atoms with E-state index in [2.05, 4.69) is 14.9 Å². The first kappa shape index (κ1) is 21.3. The number of nitrogens with one attached hydrogen (secondary N) is 2. The first-order chi connectivity index (χ1) is 14.8. The largest absolute Gasteiger partial charge is 0.279 e. The molecule has 1 aromatic heterocycles. The van der Waals surface area contributed by atoms with E-state index < -0.39 is 10.0 Å². The summed E-state index contributed by atoms with van der Waals surface area (Å²) in [4.78, 5) is 12.5. The Hall–Kier alpha value is -2.93. The summed E-state index contributed by atoms with van der Waals surface area (Å²) in [6.07, 6.45) is 4.07. The first-order valence-corrected chi connectivity index (χ1v) is 12.1. The van der Waals surface area contributed by atoms with Crippen molar-refractivity contribution < 1.29 is 8.42 Å². The van der Waals surface area contributed by atoms with E-state index >= 15 is 0 Å². The van der Waals surface area contributed by atoms with Crippen LogP contribution in [0.2, 0.25) is 0 Å². The summed E-state index contributed by atoms with van der Waals surface area (Å²) >= 11 is 0. The molecule has 0 atom stereocenters. The van der Waals surface area contributed by atoms with E-state index in [9.17, 15) is 13.2 Å². The molecule has 4 rings (SSSR count). The Morgan fingerprint density at radius 2 is 1.81 bits per heavy atom. The van der Waals surface area contributed by atoms with E-state index in [4.69, 9.17) is 0 Å². The first-order valence-electron chi connectivity index (χ1n) is 10.6. The molecule has 0 amide bonds. The molecule has 0 fully saturated rings. The number of rotatable bonds is 5. The third-order valence-corrected chi connectivity index (χ3v) is 7.60. The fourth-order valence-electron chi connectivity index (χ4n) is 4.20. The van der Waals surface area contributed by atoms with Crippen LogP contribution >= 0.6 is 0 Å². The van der Waals surface area contributed by atoms with Crippen LogP contribution in [0, 0.1) is 13.8 Å². The minimum atomic E-state index is -3.80. The number of fused-ring (bicyclic) bond motifs is 1. The number of H-pyrrole nitrogens is 1. The molecule has 2 aromatic carbocycles. The molecule has 7 heteroatoms. The van der Waals surface area contributed by atoms with E-state index in [1.165, 1.54) is 0 Å². The Morgan fingerprint density at radius 3 is 2.55 bits per heavy atom. The lowest BCUT2D eigenvalue weighted by atomic mass is 9.89. The molecule has 0 saturated carbocycles. The van der Waals surface area contributed by atoms with Crippen LogP contribution in [0.15, 0.2) is 46.1 Å². The monoisotopic (exact) mass is 437 g/mol. The second kappa shape index (κ2) is 8.30. The van der Waals surface area contributed by atoms with Gasteiger partial charge in [-0.05, 0) is 80.3 Å². The number of sulfonamides is 1. The topological polar surface area (TPSA) is 91.9 Å². The number of hydrogen-bond acceptors (Lipinski definition) is 4. The molecule has 0 spiro atoms. The van der Waals surface area contributed by atoms with Crippen LogP contribution in [-0.2, 0) is 29.3 Å². The predicted molar refractivity (Wildman–Crippen MR) is 123 cm³/mol. The zero-order valence-corrected chi connectivity index (χ0v) is 18.9. The second-order valence-electron chi connectivity index (χ2n) is 8.09. The van der Waals surface area contributed by atoms with Crippen LogP contribution in [0.3, 0.4) is 0 Å². The maximum atomic E-state index is 13.4. The lowest BCUT2D eigenvalue weighted by Gasteiger charge is -2.19. The van der Waals surface area contributed by atoms with Crippen molar-refractivity contribution in [1.29, 1.82) is 0 Å². The minimum Gasteiger partial charge on any atom is -0.279 e. The summed E-state index contributed by atoms with van der Waals surface area (Å²) in [6, 6.07) is 11.0. The quantitative estimate of drug-likeness (QED) is 0.623. The van der Waals surface area contributed by atoms with E-state index in [-0.39, 0.29) is 10.5 Å². The van der Waals surface area contributed by atoms with E-state index in [1.54, 1.807) is 12.1 Å². The van der Waals surface area contributed by atoms with Crippen molar-refractivity contribution in [2.75, 3.05) is 4.72 Å². The van der Waals surface area contributed by atoms with Gasteiger partial charge in [0, 0.05) is 11.1 Å². The molecule has 0 aliphatic heterocycles. The van der Waals surface area contributed by atoms with Crippen molar-refractivity contribution in [2.45, 2.75) is 57.8 Å². The molecule has 0 unspecified atom stereocenters. The van der Waals surface area contributed by atoms with Crippen LogP contribution in [0.25, 0.3) is 11.3 Å². The molecule has 6 nitrogen and oxygen atoms in total. The Balaban J connectivity index is 1.82. The molecule has 3 aromatic rings. The van der Waals surface area contributed by atoms with Crippen molar-refractivity contribution in [3.8, 4) is 11.3 Å². The van der Waals surface area contributed by atoms with Gasteiger partial charge in [-0.15, -0.1) is 0 Å². The summed E-state index contributed by atoms with van der Waals surface area (Å²) in [5.41, 5.74) is 6.16. The molecular formula is C24H27N3O3S. The van der Waals surface area contributed by atoms with Gasteiger partial charge in [-0.3, -0.25) is 9.52 Å². The summed E-state index contributed by atoms with van der Waals surface area (Å²) in [5.74, 6) is 0. The highest BCUT2D eigenvalue weighted by Gasteiger charge is 2.23. The highest BCUT2D eigenvalue weighted by molar-refractivity contribution is 7.92. The second-order valence-corrected chi connectivity index (χ2v) is 9.75. The zero-order chi connectivity index (χ0) is 22.2. The van der Waals surface area contributed by atoms with Crippen LogP contribution in [0.1, 0.15) is 47.6 Å². The predicted octanol–water partition coefficient (Wildman–Crippen LogP) is 4.30. The number of aromatic amines is 1. The highest BCUT2D eigenvalue weighted by Crippen LogP contribution is 2.31. The smallest absolute Gasteiger partial charge is 0.267 e. The zero-order valence-electron chi connectivity index (χ0n) is 18.1. The van der Waals surface area contributed by atoms with Gasteiger partial charge in [0.15, 0.2) is 0 Å². The molecule has 1 aliphatic carbocycles. The maximum absolute atomic E-state index is 13.4. The Labute approximate surface area is 182 Å². The Kier molecular flexibility index (Phi) is 5.71. The third kappa shape index (κ3) is 4.02. The van der Waals surface area contributed by atoms with Crippen LogP contribution in [-0.4, -0.2) is 18.6 Å². The molecule has 0 radical (unpaired) electrons. The van der Waals surface area contributed by atoms with Crippen molar-refractivity contribution in [2.24, 2.45) is 0 Å². The normalized spacial score (nSPS) is 13.6. The van der Waals surface area contributed by atoms with Gasteiger partial charge in [0.1, 0.15) is 0 Å². The summed E-state index contributed by atoms with van der Waals surface area (Å²) < 4.78 is 29.5. The molecule has 162 valence electrons. The van der Waals surface area contributed by atoms with Crippen molar-refractivity contribution in [3.05, 3.63) is 74.6 Å². The van der Waals surface area contributed by atoms with Gasteiger partial charge in [-0.2, -0.15) is 5.10 Å². The SMILES string of the molecule is CCc1ccc(-c2n[nH]c(=O)c3c2CCCC3)cc1S(=O)(=O)Nc1cccc(C)c1C. The van der Waals surface area contributed by atoms with Gasteiger partial charge >= 0.3 is 0 Å².